The first-order valence-corrected chi connectivity index (χ1v) is 6.52. The van der Waals surface area contributed by atoms with Crippen molar-refractivity contribution in [3.05, 3.63) is 29.8 Å². The summed E-state index contributed by atoms with van der Waals surface area (Å²) in [6.45, 7) is 1.30. The van der Waals surface area contributed by atoms with E-state index in [0.29, 0.717) is 24.7 Å². The molecule has 0 atom stereocenters. The summed E-state index contributed by atoms with van der Waals surface area (Å²) in [6.07, 6.45) is 4.17. The summed E-state index contributed by atoms with van der Waals surface area (Å²) < 4.78 is 0. The number of phenols is 1. The van der Waals surface area contributed by atoms with Crippen molar-refractivity contribution in [3.8, 4) is 5.75 Å². The van der Waals surface area contributed by atoms with Gasteiger partial charge in [-0.25, -0.2) is 0 Å². The molecule has 18 heavy (non-hydrogen) atoms. The highest BCUT2D eigenvalue weighted by atomic mass is 16.3. The van der Waals surface area contributed by atoms with Gasteiger partial charge in [-0.1, -0.05) is 6.07 Å². The molecule has 3 N–H and O–H groups in total. The van der Waals surface area contributed by atoms with Gasteiger partial charge in [0.15, 0.2) is 0 Å². The van der Waals surface area contributed by atoms with Gasteiger partial charge < -0.3 is 15.7 Å². The van der Waals surface area contributed by atoms with Gasteiger partial charge in [-0.05, 0) is 50.4 Å². The smallest absolute Gasteiger partial charge is 0.254 e. The van der Waals surface area contributed by atoms with Crippen LogP contribution in [-0.4, -0.2) is 35.0 Å². The highest BCUT2D eigenvalue weighted by Crippen LogP contribution is 2.26. The van der Waals surface area contributed by atoms with E-state index >= 15 is 0 Å². The van der Waals surface area contributed by atoms with Gasteiger partial charge in [-0.15, -0.1) is 0 Å². The minimum absolute atomic E-state index is 0.00375. The van der Waals surface area contributed by atoms with Crippen molar-refractivity contribution < 1.29 is 9.90 Å². The zero-order valence-electron chi connectivity index (χ0n) is 10.5. The van der Waals surface area contributed by atoms with Crippen LogP contribution in [0.25, 0.3) is 0 Å². The van der Waals surface area contributed by atoms with Gasteiger partial charge in [0.2, 0.25) is 0 Å². The van der Waals surface area contributed by atoms with Crippen molar-refractivity contribution in [2.24, 2.45) is 5.73 Å². The molecule has 1 aliphatic rings. The fourth-order valence-electron chi connectivity index (χ4n) is 2.21. The van der Waals surface area contributed by atoms with Gasteiger partial charge in [0.1, 0.15) is 5.75 Å². The second-order valence-electron chi connectivity index (χ2n) is 4.78. The van der Waals surface area contributed by atoms with Crippen molar-refractivity contribution in [1.29, 1.82) is 0 Å². The SMILES string of the molecule is NCCCN(C(=O)c1cccc(O)c1)C1CCC1. The Hall–Kier alpha value is -1.55. The molecule has 0 aliphatic heterocycles. The van der Waals surface area contributed by atoms with Crippen LogP contribution >= 0.6 is 0 Å². The monoisotopic (exact) mass is 248 g/mol. The highest BCUT2D eigenvalue weighted by Gasteiger charge is 2.28. The van der Waals surface area contributed by atoms with Crippen molar-refractivity contribution in [2.45, 2.75) is 31.7 Å². The molecular formula is C14H20N2O2. The average molecular weight is 248 g/mol. The van der Waals surface area contributed by atoms with Crippen molar-refractivity contribution >= 4 is 5.91 Å². The Labute approximate surface area is 107 Å². The molecule has 1 aromatic carbocycles. The quantitative estimate of drug-likeness (QED) is 0.834. The molecule has 1 aliphatic carbocycles. The Morgan fingerprint density at radius 1 is 1.44 bits per heavy atom. The average Bonchev–Trinajstić information content (AvgIpc) is 2.31. The third-order valence-electron chi connectivity index (χ3n) is 3.47. The Morgan fingerprint density at radius 2 is 2.22 bits per heavy atom. The van der Waals surface area contributed by atoms with E-state index in [1.165, 1.54) is 12.5 Å². The first-order chi connectivity index (χ1) is 8.72. The Kier molecular flexibility index (Phi) is 4.20. The normalized spacial score (nSPS) is 15.2. The molecule has 0 unspecified atom stereocenters. The van der Waals surface area contributed by atoms with Crippen LogP contribution in [0, 0.1) is 0 Å². The van der Waals surface area contributed by atoms with Gasteiger partial charge in [0.25, 0.3) is 5.91 Å². The minimum Gasteiger partial charge on any atom is -0.508 e. The highest BCUT2D eigenvalue weighted by molar-refractivity contribution is 5.94. The maximum atomic E-state index is 12.4. The van der Waals surface area contributed by atoms with Crippen LogP contribution < -0.4 is 5.73 Å². The Balaban J connectivity index is 2.11. The summed E-state index contributed by atoms with van der Waals surface area (Å²) in [6, 6.07) is 6.90. The van der Waals surface area contributed by atoms with E-state index in [-0.39, 0.29) is 11.7 Å². The molecule has 0 bridgehead atoms. The number of hydrogen-bond donors (Lipinski definition) is 2. The number of rotatable bonds is 5. The summed E-state index contributed by atoms with van der Waals surface area (Å²) in [5.41, 5.74) is 6.08. The maximum absolute atomic E-state index is 12.4. The molecule has 1 fully saturated rings. The first kappa shape index (κ1) is 12.9. The van der Waals surface area contributed by atoms with Gasteiger partial charge in [-0.2, -0.15) is 0 Å². The number of amides is 1. The van der Waals surface area contributed by atoms with Crippen LogP contribution in [0.4, 0.5) is 0 Å². The molecule has 0 aromatic heterocycles. The van der Waals surface area contributed by atoms with Crippen LogP contribution in [0.1, 0.15) is 36.0 Å². The first-order valence-electron chi connectivity index (χ1n) is 6.52. The second-order valence-corrected chi connectivity index (χ2v) is 4.78. The van der Waals surface area contributed by atoms with Gasteiger partial charge in [0.05, 0.1) is 0 Å². The summed E-state index contributed by atoms with van der Waals surface area (Å²) in [7, 11) is 0. The zero-order valence-corrected chi connectivity index (χ0v) is 10.5. The molecule has 4 nitrogen and oxygen atoms in total. The number of carbonyl (C=O) groups is 1. The van der Waals surface area contributed by atoms with Crippen molar-refractivity contribution in [1.82, 2.24) is 4.90 Å². The predicted molar refractivity (Wildman–Crippen MR) is 70.5 cm³/mol. The maximum Gasteiger partial charge on any atom is 0.254 e. The Bertz CT molecular complexity index is 416. The zero-order chi connectivity index (χ0) is 13.0. The largest absolute Gasteiger partial charge is 0.508 e. The summed E-state index contributed by atoms with van der Waals surface area (Å²) >= 11 is 0. The molecule has 1 aromatic rings. The van der Waals surface area contributed by atoms with Crippen LogP contribution in [-0.2, 0) is 0 Å². The fourth-order valence-corrected chi connectivity index (χ4v) is 2.21. The third kappa shape index (κ3) is 2.82. The number of carbonyl (C=O) groups excluding carboxylic acids is 1. The number of nitrogens with zero attached hydrogens (tertiary/aromatic N) is 1. The molecule has 0 radical (unpaired) electrons. The lowest BCUT2D eigenvalue weighted by Crippen LogP contribution is -2.45. The summed E-state index contributed by atoms with van der Waals surface area (Å²) in [5, 5.41) is 9.44. The summed E-state index contributed by atoms with van der Waals surface area (Å²) in [5.74, 6) is 0.136. The van der Waals surface area contributed by atoms with Gasteiger partial charge in [-0.3, -0.25) is 4.79 Å². The standard InChI is InChI=1S/C14H20N2O2/c15-8-3-9-16(12-5-2-6-12)14(18)11-4-1-7-13(17)10-11/h1,4,7,10,12,17H,2-3,5-6,8-9,15H2. The molecule has 0 spiro atoms. The summed E-state index contributed by atoms with van der Waals surface area (Å²) in [4.78, 5) is 14.3. The Morgan fingerprint density at radius 3 is 2.78 bits per heavy atom. The van der Waals surface area contributed by atoms with Crippen molar-refractivity contribution in [3.63, 3.8) is 0 Å². The van der Waals surface area contributed by atoms with Crippen LogP contribution in [0.2, 0.25) is 0 Å². The molecule has 0 heterocycles. The fraction of sp³-hybridized carbons (Fsp3) is 0.500. The number of nitrogens with two attached hydrogens (primary N) is 1. The molecule has 1 amide bonds. The van der Waals surface area contributed by atoms with Crippen LogP contribution in [0.15, 0.2) is 24.3 Å². The number of benzene rings is 1. The van der Waals surface area contributed by atoms with E-state index in [4.69, 9.17) is 5.73 Å². The van der Waals surface area contributed by atoms with E-state index in [9.17, 15) is 9.90 Å². The van der Waals surface area contributed by atoms with E-state index in [2.05, 4.69) is 0 Å². The van der Waals surface area contributed by atoms with Gasteiger partial charge in [0, 0.05) is 18.2 Å². The second kappa shape index (κ2) is 5.87. The lowest BCUT2D eigenvalue weighted by atomic mass is 9.90. The molecule has 2 rings (SSSR count). The van der Waals surface area contributed by atoms with E-state index in [1.54, 1.807) is 18.2 Å². The van der Waals surface area contributed by atoms with E-state index < -0.39 is 0 Å². The predicted octanol–water partition coefficient (Wildman–Crippen LogP) is 1.74. The minimum atomic E-state index is 0.00375. The number of phenolic OH excluding ortho intramolecular Hbond substituents is 1. The third-order valence-corrected chi connectivity index (χ3v) is 3.47. The number of aromatic hydroxyl groups is 1. The molecular weight excluding hydrogens is 228 g/mol. The lowest BCUT2D eigenvalue weighted by molar-refractivity contribution is 0.0578. The molecule has 4 heteroatoms. The van der Waals surface area contributed by atoms with E-state index in [1.807, 2.05) is 4.90 Å². The topological polar surface area (TPSA) is 66.6 Å². The molecule has 1 saturated carbocycles. The van der Waals surface area contributed by atoms with Crippen molar-refractivity contribution in [2.75, 3.05) is 13.1 Å². The lowest BCUT2D eigenvalue weighted by Gasteiger charge is -2.37. The van der Waals surface area contributed by atoms with Crippen LogP contribution in [0.5, 0.6) is 5.75 Å². The molecule has 98 valence electrons. The molecule has 0 saturated heterocycles. The van der Waals surface area contributed by atoms with E-state index in [0.717, 1.165) is 19.3 Å². The van der Waals surface area contributed by atoms with Crippen LogP contribution in [0.3, 0.4) is 0 Å². The number of hydrogen-bond acceptors (Lipinski definition) is 3. The van der Waals surface area contributed by atoms with Gasteiger partial charge >= 0.3 is 0 Å².